The zero-order chi connectivity index (χ0) is 15.6. The van der Waals surface area contributed by atoms with E-state index in [4.69, 9.17) is 0 Å². The molecule has 2 rings (SSSR count). The molecule has 0 aliphatic heterocycles. The monoisotopic (exact) mass is 292 g/mol. The number of hydrogen-bond donors (Lipinski definition) is 0. The highest BCUT2D eigenvalue weighted by Crippen LogP contribution is 2.14. The van der Waals surface area contributed by atoms with Crippen LogP contribution in [0.4, 0.5) is 0 Å². The van der Waals surface area contributed by atoms with Crippen LogP contribution < -0.4 is 0 Å². The molecule has 0 fully saturated rings. The van der Waals surface area contributed by atoms with Crippen molar-refractivity contribution >= 4 is 6.08 Å². The quantitative estimate of drug-likeness (QED) is 0.491. The molecule has 0 N–H and O–H groups in total. The third-order valence-corrected chi connectivity index (χ3v) is 3.98. The van der Waals surface area contributed by atoms with E-state index in [1.165, 1.54) is 54.4 Å². The molecule has 0 nitrogen and oxygen atoms in total. The van der Waals surface area contributed by atoms with E-state index in [1.807, 2.05) is 0 Å². The smallest absolute Gasteiger partial charge is 0.00258 e. The fourth-order valence-corrected chi connectivity index (χ4v) is 2.64. The summed E-state index contributed by atoms with van der Waals surface area (Å²) in [5.74, 6) is 0. The average Bonchev–Trinajstić information content (AvgIpc) is 2.55. The third kappa shape index (κ3) is 5.52. The SMILES string of the molecule is CCCC/C=C/c1ccc(Cc2ccc(CCC)cc2)cc1. The minimum atomic E-state index is 1.02. The van der Waals surface area contributed by atoms with Crippen molar-refractivity contribution in [3.63, 3.8) is 0 Å². The van der Waals surface area contributed by atoms with Crippen LogP contribution in [0.2, 0.25) is 0 Å². The molecular formula is C22H28. The first kappa shape index (κ1) is 16.5. The Morgan fingerprint density at radius 2 is 1.32 bits per heavy atom. The minimum absolute atomic E-state index is 1.02. The summed E-state index contributed by atoms with van der Waals surface area (Å²) in [4.78, 5) is 0. The molecule has 0 aliphatic carbocycles. The number of aryl methyl sites for hydroxylation is 1. The van der Waals surface area contributed by atoms with Crippen LogP contribution in [0, 0.1) is 0 Å². The molecule has 0 heterocycles. The first-order valence-corrected chi connectivity index (χ1v) is 8.65. The Hall–Kier alpha value is -1.82. The van der Waals surface area contributed by atoms with Crippen LogP contribution in [0.1, 0.15) is 61.8 Å². The highest BCUT2D eigenvalue weighted by Gasteiger charge is 1.97. The summed E-state index contributed by atoms with van der Waals surface area (Å²) in [6.45, 7) is 4.46. The van der Waals surface area contributed by atoms with E-state index in [0.717, 1.165) is 6.42 Å². The van der Waals surface area contributed by atoms with Gasteiger partial charge in [-0.15, -0.1) is 0 Å². The van der Waals surface area contributed by atoms with E-state index in [0.29, 0.717) is 0 Å². The zero-order valence-electron chi connectivity index (χ0n) is 14.0. The predicted molar refractivity (Wildman–Crippen MR) is 98.2 cm³/mol. The second kappa shape index (κ2) is 9.25. The predicted octanol–water partition coefficient (Wildman–Crippen LogP) is 6.43. The molecule has 0 bridgehead atoms. The van der Waals surface area contributed by atoms with Crippen molar-refractivity contribution in [2.75, 3.05) is 0 Å². The molecule has 0 spiro atoms. The maximum atomic E-state index is 2.28. The molecule has 2 aromatic carbocycles. The van der Waals surface area contributed by atoms with Gasteiger partial charge in [-0.3, -0.25) is 0 Å². The van der Waals surface area contributed by atoms with Crippen molar-refractivity contribution in [2.24, 2.45) is 0 Å². The van der Waals surface area contributed by atoms with Gasteiger partial charge in [0.15, 0.2) is 0 Å². The summed E-state index contributed by atoms with van der Waals surface area (Å²) < 4.78 is 0. The van der Waals surface area contributed by atoms with Crippen molar-refractivity contribution < 1.29 is 0 Å². The summed E-state index contributed by atoms with van der Waals surface area (Å²) in [6.07, 6.45) is 11.7. The number of hydrogen-bond acceptors (Lipinski definition) is 0. The molecule has 2 aromatic rings. The van der Waals surface area contributed by atoms with E-state index in [-0.39, 0.29) is 0 Å². The van der Waals surface area contributed by atoms with Gasteiger partial charge in [-0.25, -0.2) is 0 Å². The Labute approximate surface area is 135 Å². The second-order valence-electron chi connectivity index (χ2n) is 6.03. The van der Waals surface area contributed by atoms with Crippen molar-refractivity contribution in [3.8, 4) is 0 Å². The Kier molecular flexibility index (Phi) is 6.96. The van der Waals surface area contributed by atoms with Gasteiger partial charge in [-0.05, 0) is 41.5 Å². The Morgan fingerprint density at radius 3 is 1.91 bits per heavy atom. The van der Waals surface area contributed by atoms with Crippen molar-refractivity contribution in [2.45, 2.75) is 52.4 Å². The molecular weight excluding hydrogens is 264 g/mol. The topological polar surface area (TPSA) is 0 Å². The summed E-state index contributed by atoms with van der Waals surface area (Å²) in [7, 11) is 0. The Bertz CT molecular complexity index is 558. The fourth-order valence-electron chi connectivity index (χ4n) is 2.64. The molecule has 0 saturated heterocycles. The first-order chi connectivity index (χ1) is 10.8. The highest BCUT2D eigenvalue weighted by atomic mass is 14.0. The van der Waals surface area contributed by atoms with Crippen molar-refractivity contribution in [1.29, 1.82) is 0 Å². The summed E-state index contributed by atoms with van der Waals surface area (Å²) in [5, 5.41) is 0. The summed E-state index contributed by atoms with van der Waals surface area (Å²) in [5.41, 5.74) is 5.53. The van der Waals surface area contributed by atoms with Gasteiger partial charge in [0.25, 0.3) is 0 Å². The van der Waals surface area contributed by atoms with Crippen LogP contribution >= 0.6 is 0 Å². The number of benzene rings is 2. The lowest BCUT2D eigenvalue weighted by Gasteiger charge is -2.05. The molecule has 0 atom stereocenters. The maximum absolute atomic E-state index is 2.28. The van der Waals surface area contributed by atoms with Crippen molar-refractivity contribution in [3.05, 3.63) is 76.9 Å². The minimum Gasteiger partial charge on any atom is -0.0839 e. The molecule has 0 amide bonds. The van der Waals surface area contributed by atoms with Crippen LogP contribution in [0.15, 0.2) is 54.6 Å². The van der Waals surface area contributed by atoms with Crippen LogP contribution in [0.5, 0.6) is 0 Å². The van der Waals surface area contributed by atoms with Crippen LogP contribution in [0.3, 0.4) is 0 Å². The van der Waals surface area contributed by atoms with Gasteiger partial charge in [0, 0.05) is 0 Å². The van der Waals surface area contributed by atoms with Crippen LogP contribution in [-0.4, -0.2) is 0 Å². The van der Waals surface area contributed by atoms with Gasteiger partial charge < -0.3 is 0 Å². The number of unbranched alkanes of at least 4 members (excludes halogenated alkanes) is 2. The molecule has 0 radical (unpaired) electrons. The molecule has 0 aromatic heterocycles. The van der Waals surface area contributed by atoms with Crippen LogP contribution in [0.25, 0.3) is 6.08 Å². The van der Waals surface area contributed by atoms with E-state index in [1.54, 1.807) is 0 Å². The van der Waals surface area contributed by atoms with Gasteiger partial charge in [0.05, 0.1) is 0 Å². The lowest BCUT2D eigenvalue weighted by Crippen LogP contribution is -1.90. The normalized spacial score (nSPS) is 11.2. The average molecular weight is 292 g/mol. The maximum Gasteiger partial charge on any atom is -0.00258 e. The van der Waals surface area contributed by atoms with E-state index in [2.05, 4.69) is 74.5 Å². The number of allylic oxidation sites excluding steroid dienone is 1. The van der Waals surface area contributed by atoms with Crippen LogP contribution in [-0.2, 0) is 12.8 Å². The first-order valence-electron chi connectivity index (χ1n) is 8.65. The van der Waals surface area contributed by atoms with Gasteiger partial charge in [0.1, 0.15) is 0 Å². The van der Waals surface area contributed by atoms with E-state index >= 15 is 0 Å². The molecule has 116 valence electrons. The molecule has 22 heavy (non-hydrogen) atoms. The van der Waals surface area contributed by atoms with Gasteiger partial charge in [0.2, 0.25) is 0 Å². The Morgan fingerprint density at radius 1 is 0.727 bits per heavy atom. The van der Waals surface area contributed by atoms with Crippen molar-refractivity contribution in [1.82, 2.24) is 0 Å². The summed E-state index contributed by atoms with van der Waals surface area (Å²) >= 11 is 0. The molecule has 0 unspecified atom stereocenters. The standard InChI is InChI=1S/C22H28/c1-3-5-6-7-9-20-12-16-22(17-13-20)18-21-14-10-19(8-4-2)11-15-21/h7,9-17H,3-6,8,18H2,1-2H3/b9-7+. The fraction of sp³-hybridized carbons (Fsp3) is 0.364. The summed E-state index contributed by atoms with van der Waals surface area (Å²) in [6, 6.07) is 18.0. The van der Waals surface area contributed by atoms with E-state index < -0.39 is 0 Å². The largest absolute Gasteiger partial charge is 0.0839 e. The molecule has 0 aliphatic rings. The number of rotatable bonds is 8. The highest BCUT2D eigenvalue weighted by molar-refractivity contribution is 5.49. The second-order valence-corrected chi connectivity index (χ2v) is 6.03. The lowest BCUT2D eigenvalue weighted by atomic mass is 10.0. The molecule has 0 heteroatoms. The van der Waals surface area contributed by atoms with Gasteiger partial charge in [-0.2, -0.15) is 0 Å². The Balaban J connectivity index is 1.91. The molecule has 0 saturated carbocycles. The zero-order valence-corrected chi connectivity index (χ0v) is 14.0. The third-order valence-electron chi connectivity index (χ3n) is 3.98. The van der Waals surface area contributed by atoms with Gasteiger partial charge in [-0.1, -0.05) is 93.8 Å². The van der Waals surface area contributed by atoms with Gasteiger partial charge >= 0.3 is 0 Å². The lowest BCUT2D eigenvalue weighted by molar-refractivity contribution is 0.816. The van der Waals surface area contributed by atoms with E-state index in [9.17, 15) is 0 Å².